The number of nitrogens with zero attached hydrogens (tertiary/aromatic N) is 3. The SMILES string of the molecule is CC(O)C(C)Oc1nc(Nc2ccc(S(=O)(=O)O)nc2)ncc1Br. The molecule has 9 nitrogen and oxygen atoms in total. The molecule has 2 heterocycles. The average molecular weight is 419 g/mol. The van der Waals surface area contributed by atoms with Crippen LogP contribution < -0.4 is 10.1 Å². The van der Waals surface area contributed by atoms with Crippen molar-refractivity contribution >= 4 is 37.7 Å². The maximum absolute atomic E-state index is 10.9. The number of ether oxygens (including phenoxy) is 1. The third-order valence-electron chi connectivity index (χ3n) is 2.95. The first-order chi connectivity index (χ1) is 11.2. The minimum absolute atomic E-state index is 0.187. The highest BCUT2D eigenvalue weighted by molar-refractivity contribution is 9.10. The van der Waals surface area contributed by atoms with Crippen molar-refractivity contribution in [2.24, 2.45) is 0 Å². The second-order valence-electron chi connectivity index (χ2n) is 4.90. The van der Waals surface area contributed by atoms with E-state index in [0.717, 1.165) is 6.07 Å². The molecule has 0 aliphatic heterocycles. The maximum atomic E-state index is 10.9. The van der Waals surface area contributed by atoms with E-state index in [1.165, 1.54) is 18.5 Å². The standard InChI is InChI=1S/C13H15BrN4O5S/c1-7(19)8(2)23-12-10(14)6-16-13(18-12)17-9-3-4-11(15-5-9)24(20,21)22/h3-8,19H,1-2H3,(H,16,17,18)(H,20,21,22). The molecule has 0 spiro atoms. The van der Waals surface area contributed by atoms with E-state index in [0.29, 0.717) is 10.2 Å². The van der Waals surface area contributed by atoms with E-state index in [9.17, 15) is 13.5 Å². The van der Waals surface area contributed by atoms with E-state index >= 15 is 0 Å². The van der Waals surface area contributed by atoms with Gasteiger partial charge in [-0.15, -0.1) is 0 Å². The molecule has 2 aromatic rings. The zero-order chi connectivity index (χ0) is 17.9. The van der Waals surface area contributed by atoms with Crippen LogP contribution in [0.4, 0.5) is 11.6 Å². The molecule has 3 N–H and O–H groups in total. The highest BCUT2D eigenvalue weighted by Crippen LogP contribution is 2.25. The molecule has 0 aliphatic rings. The fraction of sp³-hybridized carbons (Fsp3) is 0.308. The number of aliphatic hydroxyl groups is 1. The first-order valence-electron chi connectivity index (χ1n) is 6.74. The van der Waals surface area contributed by atoms with Crippen molar-refractivity contribution in [2.45, 2.75) is 31.1 Å². The molecular formula is C13H15BrN4O5S. The van der Waals surface area contributed by atoms with Crippen molar-refractivity contribution in [3.8, 4) is 5.88 Å². The lowest BCUT2D eigenvalue weighted by atomic mass is 10.3. The van der Waals surface area contributed by atoms with Gasteiger partial charge in [0.25, 0.3) is 0 Å². The smallest absolute Gasteiger partial charge is 0.312 e. The topological polar surface area (TPSA) is 135 Å². The van der Waals surface area contributed by atoms with Gasteiger partial charge in [0.05, 0.1) is 28.7 Å². The van der Waals surface area contributed by atoms with Crippen molar-refractivity contribution in [1.82, 2.24) is 15.0 Å². The summed E-state index contributed by atoms with van der Waals surface area (Å²) in [4.78, 5) is 11.8. The summed E-state index contributed by atoms with van der Waals surface area (Å²) < 4.78 is 36.8. The fourth-order valence-corrected chi connectivity index (χ4v) is 2.22. The van der Waals surface area contributed by atoms with Gasteiger partial charge >= 0.3 is 10.1 Å². The van der Waals surface area contributed by atoms with Gasteiger partial charge in [-0.2, -0.15) is 13.4 Å². The predicted octanol–water partition coefficient (Wildman–Crippen LogP) is 1.77. The molecule has 2 unspecified atom stereocenters. The van der Waals surface area contributed by atoms with Crippen LogP contribution in [0.3, 0.4) is 0 Å². The predicted molar refractivity (Wildman–Crippen MR) is 88.8 cm³/mol. The molecule has 130 valence electrons. The number of aliphatic hydroxyl groups excluding tert-OH is 1. The molecule has 0 bridgehead atoms. The minimum atomic E-state index is -4.35. The number of hydrogen-bond acceptors (Lipinski definition) is 8. The van der Waals surface area contributed by atoms with Gasteiger partial charge in [0, 0.05) is 0 Å². The van der Waals surface area contributed by atoms with Crippen LogP contribution in [-0.4, -0.2) is 45.2 Å². The van der Waals surface area contributed by atoms with Crippen LogP contribution in [0.15, 0.2) is 34.0 Å². The van der Waals surface area contributed by atoms with Crippen LogP contribution in [0, 0.1) is 0 Å². The van der Waals surface area contributed by atoms with Crippen molar-refractivity contribution in [3.63, 3.8) is 0 Å². The van der Waals surface area contributed by atoms with Gasteiger partial charge in [-0.25, -0.2) is 9.97 Å². The molecule has 0 radical (unpaired) electrons. The Hall–Kier alpha value is -1.82. The third kappa shape index (κ3) is 4.84. The van der Waals surface area contributed by atoms with Gasteiger partial charge in [0.1, 0.15) is 6.10 Å². The van der Waals surface area contributed by atoms with Gasteiger partial charge in [-0.05, 0) is 41.9 Å². The number of aromatic nitrogens is 3. The largest absolute Gasteiger partial charge is 0.471 e. The van der Waals surface area contributed by atoms with Crippen LogP contribution in [0.1, 0.15) is 13.8 Å². The Bertz CT molecular complexity index is 814. The molecule has 0 aromatic carbocycles. The molecule has 0 saturated carbocycles. The van der Waals surface area contributed by atoms with Crippen molar-refractivity contribution in [3.05, 3.63) is 29.0 Å². The first-order valence-corrected chi connectivity index (χ1v) is 8.98. The number of nitrogens with one attached hydrogen (secondary N) is 1. The monoisotopic (exact) mass is 418 g/mol. The van der Waals surface area contributed by atoms with Crippen LogP contribution in [0.25, 0.3) is 0 Å². The van der Waals surface area contributed by atoms with E-state index in [1.54, 1.807) is 13.8 Å². The Morgan fingerprint density at radius 2 is 1.96 bits per heavy atom. The normalized spacial score (nSPS) is 14.0. The Labute approximate surface area is 147 Å². The summed E-state index contributed by atoms with van der Waals surface area (Å²) >= 11 is 3.26. The van der Waals surface area contributed by atoms with Crippen molar-refractivity contribution in [1.29, 1.82) is 0 Å². The molecule has 0 saturated heterocycles. The Morgan fingerprint density at radius 3 is 2.50 bits per heavy atom. The lowest BCUT2D eigenvalue weighted by Gasteiger charge is -2.17. The van der Waals surface area contributed by atoms with E-state index in [-0.39, 0.29) is 11.8 Å². The molecular weight excluding hydrogens is 404 g/mol. The van der Waals surface area contributed by atoms with Gasteiger partial charge in [-0.1, -0.05) is 0 Å². The van der Waals surface area contributed by atoms with E-state index in [2.05, 4.69) is 36.2 Å². The van der Waals surface area contributed by atoms with Crippen LogP contribution in [0.2, 0.25) is 0 Å². The highest BCUT2D eigenvalue weighted by Gasteiger charge is 2.15. The molecule has 0 aliphatic carbocycles. The summed E-state index contributed by atoms with van der Waals surface area (Å²) in [6, 6.07) is 2.55. The zero-order valence-corrected chi connectivity index (χ0v) is 15.1. The van der Waals surface area contributed by atoms with Gasteiger partial charge in [-0.3, -0.25) is 4.55 Å². The number of rotatable bonds is 6. The quantitative estimate of drug-likeness (QED) is 0.599. The summed E-state index contributed by atoms with van der Waals surface area (Å²) in [5, 5.41) is 11.9. The van der Waals surface area contributed by atoms with Gasteiger partial charge in [0.15, 0.2) is 5.03 Å². The third-order valence-corrected chi connectivity index (χ3v) is 4.26. The van der Waals surface area contributed by atoms with Crippen LogP contribution >= 0.6 is 15.9 Å². The van der Waals surface area contributed by atoms with E-state index < -0.39 is 27.4 Å². The minimum Gasteiger partial charge on any atom is -0.471 e. The highest BCUT2D eigenvalue weighted by atomic mass is 79.9. The lowest BCUT2D eigenvalue weighted by Crippen LogP contribution is -2.26. The van der Waals surface area contributed by atoms with Crippen molar-refractivity contribution in [2.75, 3.05) is 5.32 Å². The lowest BCUT2D eigenvalue weighted by molar-refractivity contribution is 0.0569. The molecule has 2 atom stereocenters. The molecule has 0 fully saturated rings. The second-order valence-corrected chi connectivity index (χ2v) is 7.12. The molecule has 24 heavy (non-hydrogen) atoms. The molecule has 2 rings (SSSR count). The van der Waals surface area contributed by atoms with Crippen molar-refractivity contribution < 1.29 is 22.8 Å². The average Bonchev–Trinajstić information content (AvgIpc) is 2.50. The second kappa shape index (κ2) is 7.38. The summed E-state index contributed by atoms with van der Waals surface area (Å²) in [6.45, 7) is 3.30. The maximum Gasteiger partial charge on any atom is 0.312 e. The Morgan fingerprint density at radius 1 is 1.25 bits per heavy atom. The van der Waals surface area contributed by atoms with Crippen LogP contribution in [-0.2, 0) is 10.1 Å². The summed E-state index contributed by atoms with van der Waals surface area (Å²) in [7, 11) is -4.35. The number of pyridine rings is 1. The number of anilines is 2. The van der Waals surface area contributed by atoms with E-state index in [4.69, 9.17) is 9.29 Å². The van der Waals surface area contributed by atoms with E-state index in [1.807, 2.05) is 0 Å². The summed E-state index contributed by atoms with van der Waals surface area (Å²) in [5.74, 6) is 0.427. The number of hydrogen-bond donors (Lipinski definition) is 3. The fourth-order valence-electron chi connectivity index (χ4n) is 1.50. The molecule has 11 heteroatoms. The van der Waals surface area contributed by atoms with Gasteiger partial charge < -0.3 is 15.2 Å². The number of halogens is 1. The van der Waals surface area contributed by atoms with Crippen LogP contribution in [0.5, 0.6) is 5.88 Å². The Balaban J connectivity index is 2.18. The zero-order valence-electron chi connectivity index (χ0n) is 12.7. The van der Waals surface area contributed by atoms with Gasteiger partial charge in [0.2, 0.25) is 11.8 Å². The first kappa shape index (κ1) is 18.5. The summed E-state index contributed by atoms with van der Waals surface area (Å²) in [5.41, 5.74) is 0.416. The summed E-state index contributed by atoms with van der Waals surface area (Å²) in [6.07, 6.45) is 1.53. The Kier molecular flexibility index (Phi) is 5.70. The molecule has 0 amide bonds. The molecule has 2 aromatic heterocycles.